The fourth-order valence-corrected chi connectivity index (χ4v) is 3.84. The molecule has 0 unspecified atom stereocenters. The minimum Gasteiger partial charge on any atom is -0.368 e. The van der Waals surface area contributed by atoms with E-state index in [-0.39, 0.29) is 11.6 Å². The van der Waals surface area contributed by atoms with Gasteiger partial charge in [-0.05, 0) is 30.3 Å². The van der Waals surface area contributed by atoms with Gasteiger partial charge in [-0.1, -0.05) is 0 Å². The van der Waals surface area contributed by atoms with Crippen LogP contribution in [0.2, 0.25) is 0 Å². The van der Waals surface area contributed by atoms with Crippen molar-refractivity contribution in [2.75, 3.05) is 36.8 Å². The average Bonchev–Trinajstić information content (AvgIpc) is 2.71. The molecule has 0 bridgehead atoms. The Balaban J connectivity index is 1.44. The van der Waals surface area contributed by atoms with E-state index in [1.165, 1.54) is 30.0 Å². The van der Waals surface area contributed by atoms with Crippen molar-refractivity contribution in [1.82, 2.24) is 4.90 Å². The predicted octanol–water partition coefficient (Wildman–Crippen LogP) is 3.70. The Morgan fingerprint density at radius 2 is 1.71 bits per heavy atom. The zero-order valence-corrected chi connectivity index (χ0v) is 15.8. The number of carbonyl (C=O) groups excluding carboxylic acids is 1. The fraction of sp³-hybridized carbons (Fsp3) is 0.316. The molecule has 1 saturated heterocycles. The molecule has 1 heterocycles. The van der Waals surface area contributed by atoms with Crippen LogP contribution in [0.15, 0.2) is 47.4 Å². The van der Waals surface area contributed by atoms with Gasteiger partial charge in [0.05, 0.1) is 4.92 Å². The zero-order chi connectivity index (χ0) is 20.1. The molecule has 1 aliphatic heterocycles. The Morgan fingerprint density at radius 3 is 2.32 bits per heavy atom. The van der Waals surface area contributed by atoms with Crippen LogP contribution in [0.25, 0.3) is 0 Å². The molecule has 2 aromatic rings. The highest BCUT2D eigenvalue weighted by atomic mass is 32.2. The monoisotopic (exact) mass is 407 g/mol. The van der Waals surface area contributed by atoms with Gasteiger partial charge in [0.25, 0.3) is 5.69 Å². The molecule has 0 N–H and O–H groups in total. The van der Waals surface area contributed by atoms with Gasteiger partial charge in [0.15, 0.2) is 11.6 Å². The molecule has 2 aromatic carbocycles. The number of benzene rings is 2. The normalized spacial score (nSPS) is 14.2. The van der Waals surface area contributed by atoms with Crippen LogP contribution in [0.3, 0.4) is 0 Å². The zero-order valence-electron chi connectivity index (χ0n) is 15.0. The molecule has 0 spiro atoms. The molecule has 1 amide bonds. The van der Waals surface area contributed by atoms with Crippen molar-refractivity contribution in [3.8, 4) is 0 Å². The van der Waals surface area contributed by atoms with Crippen LogP contribution in [0.4, 0.5) is 20.2 Å². The van der Waals surface area contributed by atoms with E-state index in [0.29, 0.717) is 43.2 Å². The number of halogens is 2. The summed E-state index contributed by atoms with van der Waals surface area (Å²) >= 11 is 1.32. The molecule has 28 heavy (non-hydrogen) atoms. The van der Waals surface area contributed by atoms with Gasteiger partial charge in [-0.15, -0.1) is 11.8 Å². The number of hydrogen-bond donors (Lipinski definition) is 0. The second-order valence-corrected chi connectivity index (χ2v) is 7.48. The van der Waals surface area contributed by atoms with E-state index in [2.05, 4.69) is 4.90 Å². The highest BCUT2D eigenvalue weighted by Gasteiger charge is 2.21. The maximum absolute atomic E-state index is 13.2. The van der Waals surface area contributed by atoms with Crippen molar-refractivity contribution in [3.05, 3.63) is 64.2 Å². The van der Waals surface area contributed by atoms with Gasteiger partial charge in [-0.25, -0.2) is 8.78 Å². The lowest BCUT2D eigenvalue weighted by atomic mass is 10.2. The number of piperazine rings is 1. The standard InChI is InChI=1S/C19H19F2N3O3S/c20-17-6-5-16(13-18(17)21)28-12-7-19(25)23-10-8-22(9-11-23)14-1-3-15(4-2-14)24(26)27/h1-6,13H,7-12H2. The van der Waals surface area contributed by atoms with Crippen molar-refractivity contribution in [2.24, 2.45) is 0 Å². The van der Waals surface area contributed by atoms with E-state index in [0.717, 1.165) is 17.8 Å². The van der Waals surface area contributed by atoms with Gasteiger partial charge >= 0.3 is 0 Å². The molecule has 0 aliphatic carbocycles. The summed E-state index contributed by atoms with van der Waals surface area (Å²) in [7, 11) is 0. The van der Waals surface area contributed by atoms with Crippen LogP contribution in [0.5, 0.6) is 0 Å². The largest absolute Gasteiger partial charge is 0.368 e. The summed E-state index contributed by atoms with van der Waals surface area (Å²) in [5.74, 6) is -1.25. The van der Waals surface area contributed by atoms with Crippen molar-refractivity contribution >= 4 is 29.0 Å². The molecule has 9 heteroatoms. The summed E-state index contributed by atoms with van der Waals surface area (Å²) in [5, 5.41) is 10.7. The highest BCUT2D eigenvalue weighted by Crippen LogP contribution is 2.23. The fourth-order valence-electron chi connectivity index (χ4n) is 2.98. The molecular weight excluding hydrogens is 388 g/mol. The summed E-state index contributed by atoms with van der Waals surface area (Å²) in [6.07, 6.45) is 0.321. The third-order valence-corrected chi connectivity index (χ3v) is 5.53. The Hall–Kier alpha value is -2.68. The van der Waals surface area contributed by atoms with Crippen LogP contribution in [0.1, 0.15) is 6.42 Å². The first kappa shape index (κ1) is 20.1. The van der Waals surface area contributed by atoms with E-state index in [9.17, 15) is 23.7 Å². The topological polar surface area (TPSA) is 66.7 Å². The van der Waals surface area contributed by atoms with Crippen LogP contribution in [0, 0.1) is 21.7 Å². The van der Waals surface area contributed by atoms with Crippen molar-refractivity contribution in [2.45, 2.75) is 11.3 Å². The van der Waals surface area contributed by atoms with Crippen LogP contribution in [-0.2, 0) is 4.79 Å². The molecule has 0 atom stereocenters. The van der Waals surface area contributed by atoms with Gasteiger partial charge < -0.3 is 9.80 Å². The van der Waals surface area contributed by atoms with E-state index >= 15 is 0 Å². The lowest BCUT2D eigenvalue weighted by Gasteiger charge is -2.36. The maximum Gasteiger partial charge on any atom is 0.269 e. The molecule has 3 rings (SSSR count). The smallest absolute Gasteiger partial charge is 0.269 e. The number of amides is 1. The number of nitro groups is 1. The van der Waals surface area contributed by atoms with Crippen LogP contribution in [-0.4, -0.2) is 47.7 Å². The van der Waals surface area contributed by atoms with E-state index < -0.39 is 16.6 Å². The molecular formula is C19H19F2N3O3S. The summed E-state index contributed by atoms with van der Waals surface area (Å²) in [4.78, 5) is 27.1. The molecule has 148 valence electrons. The highest BCUT2D eigenvalue weighted by molar-refractivity contribution is 7.99. The predicted molar refractivity (Wildman–Crippen MR) is 104 cm³/mol. The third kappa shape index (κ3) is 4.98. The Kier molecular flexibility index (Phi) is 6.45. The maximum atomic E-state index is 13.2. The molecule has 0 aromatic heterocycles. The molecule has 6 nitrogen and oxygen atoms in total. The van der Waals surface area contributed by atoms with Crippen LogP contribution >= 0.6 is 11.8 Å². The first-order valence-electron chi connectivity index (χ1n) is 8.79. The minimum absolute atomic E-state index is 0.0263. The number of nitrogens with zero attached hydrogens (tertiary/aromatic N) is 3. The summed E-state index contributed by atoms with van der Waals surface area (Å²) in [6, 6.07) is 10.1. The number of anilines is 1. The Bertz CT molecular complexity index is 856. The minimum atomic E-state index is -0.890. The lowest BCUT2D eigenvalue weighted by molar-refractivity contribution is -0.384. The molecule has 1 fully saturated rings. The van der Waals surface area contributed by atoms with Crippen LogP contribution < -0.4 is 4.90 Å². The number of nitro benzene ring substituents is 1. The van der Waals surface area contributed by atoms with Crippen molar-refractivity contribution in [3.63, 3.8) is 0 Å². The summed E-state index contributed by atoms with van der Waals surface area (Å²) in [5.41, 5.74) is 0.947. The van der Waals surface area contributed by atoms with Gasteiger partial charge in [0.2, 0.25) is 5.91 Å². The van der Waals surface area contributed by atoms with Gasteiger partial charge in [-0.2, -0.15) is 0 Å². The molecule has 0 saturated carbocycles. The third-order valence-electron chi connectivity index (χ3n) is 4.53. The first-order chi connectivity index (χ1) is 13.4. The van der Waals surface area contributed by atoms with Gasteiger partial charge in [0.1, 0.15) is 0 Å². The number of thioether (sulfide) groups is 1. The molecule has 0 radical (unpaired) electrons. The first-order valence-corrected chi connectivity index (χ1v) is 9.77. The number of hydrogen-bond acceptors (Lipinski definition) is 5. The lowest BCUT2D eigenvalue weighted by Crippen LogP contribution is -2.48. The second-order valence-electron chi connectivity index (χ2n) is 6.32. The van der Waals surface area contributed by atoms with Crippen molar-refractivity contribution in [1.29, 1.82) is 0 Å². The Labute approximate surface area is 165 Å². The van der Waals surface area contributed by atoms with E-state index in [1.54, 1.807) is 17.0 Å². The number of carbonyl (C=O) groups is 1. The van der Waals surface area contributed by atoms with E-state index in [1.807, 2.05) is 0 Å². The SMILES string of the molecule is O=C(CCSc1ccc(F)c(F)c1)N1CCN(c2ccc([N+](=O)[O-])cc2)CC1. The second kappa shape index (κ2) is 9.01. The van der Waals surface area contributed by atoms with Gasteiger partial charge in [-0.3, -0.25) is 14.9 Å². The summed E-state index contributed by atoms with van der Waals surface area (Å²) < 4.78 is 26.1. The quantitative estimate of drug-likeness (QED) is 0.415. The molecule has 1 aliphatic rings. The van der Waals surface area contributed by atoms with Gasteiger partial charge in [0, 0.05) is 61.1 Å². The van der Waals surface area contributed by atoms with E-state index in [4.69, 9.17) is 0 Å². The average molecular weight is 407 g/mol. The Morgan fingerprint density at radius 1 is 1.04 bits per heavy atom. The summed E-state index contributed by atoms with van der Waals surface area (Å²) in [6.45, 7) is 2.46. The number of non-ortho nitro benzene ring substituents is 1. The number of rotatable bonds is 6. The van der Waals surface area contributed by atoms with Crippen molar-refractivity contribution < 1.29 is 18.5 Å².